The van der Waals surface area contributed by atoms with E-state index in [0.29, 0.717) is 23.8 Å². The highest BCUT2D eigenvalue weighted by molar-refractivity contribution is 7.10. The minimum atomic E-state index is -0.296. The summed E-state index contributed by atoms with van der Waals surface area (Å²) >= 11 is 1.67. The number of aryl methyl sites for hydroxylation is 1. The lowest BCUT2D eigenvalue weighted by molar-refractivity contribution is 0.0724. The van der Waals surface area contributed by atoms with Gasteiger partial charge in [-0.1, -0.05) is 25.8 Å². The minimum absolute atomic E-state index is 0.109. The maximum absolute atomic E-state index is 14.2. The number of piperidine rings is 1. The fourth-order valence-electron chi connectivity index (χ4n) is 5.36. The Morgan fingerprint density at radius 2 is 1.86 bits per heavy atom. The van der Waals surface area contributed by atoms with Crippen molar-refractivity contribution >= 4 is 17.2 Å². The molecule has 0 atom stereocenters. The molecule has 36 heavy (non-hydrogen) atoms. The zero-order chi connectivity index (χ0) is 25.1. The molecule has 1 amide bonds. The van der Waals surface area contributed by atoms with E-state index in [9.17, 15) is 9.18 Å². The first-order valence-electron chi connectivity index (χ1n) is 13.2. The zero-order valence-electron chi connectivity index (χ0n) is 21.3. The minimum Gasteiger partial charge on any atom is -0.488 e. The highest BCUT2D eigenvalue weighted by Gasteiger charge is 2.23. The lowest BCUT2D eigenvalue weighted by atomic mass is 9.83. The molecule has 0 radical (unpaired) electrons. The van der Waals surface area contributed by atoms with Gasteiger partial charge in [0.05, 0.1) is 10.7 Å². The molecule has 1 saturated carbocycles. The normalized spacial score (nSPS) is 20.4. The average molecular weight is 507 g/mol. The van der Waals surface area contributed by atoms with Gasteiger partial charge in [0, 0.05) is 35.5 Å². The van der Waals surface area contributed by atoms with E-state index < -0.39 is 0 Å². The van der Waals surface area contributed by atoms with Gasteiger partial charge in [-0.05, 0) is 86.4 Å². The lowest BCUT2D eigenvalue weighted by Crippen LogP contribution is -2.35. The second kappa shape index (κ2) is 11.1. The van der Waals surface area contributed by atoms with E-state index in [1.807, 2.05) is 35.4 Å². The summed E-state index contributed by atoms with van der Waals surface area (Å²) in [5, 5.41) is 3.18. The third-order valence-corrected chi connectivity index (χ3v) is 8.73. The largest absolute Gasteiger partial charge is 0.488 e. The van der Waals surface area contributed by atoms with Gasteiger partial charge in [-0.3, -0.25) is 4.79 Å². The van der Waals surface area contributed by atoms with Crippen molar-refractivity contribution in [3.8, 4) is 17.0 Å². The number of hydrogen-bond acceptors (Lipinski definition) is 4. The molecular weight excluding hydrogens is 471 g/mol. The Hall–Kier alpha value is -2.73. The highest BCUT2D eigenvalue weighted by atomic mass is 32.1. The summed E-state index contributed by atoms with van der Waals surface area (Å²) in [5.74, 6) is 1.74. The summed E-state index contributed by atoms with van der Waals surface area (Å²) in [6.07, 6.45) is 8.21. The topological polar surface area (TPSA) is 42.4 Å². The second-order valence-electron chi connectivity index (χ2n) is 10.5. The number of likely N-dealkylation sites (tertiary alicyclic amines) is 1. The lowest BCUT2D eigenvalue weighted by Gasteiger charge is -2.27. The molecule has 2 aromatic carbocycles. The van der Waals surface area contributed by atoms with Crippen molar-refractivity contribution in [2.45, 2.75) is 71.3 Å². The maximum atomic E-state index is 14.2. The number of hydrogen-bond donors (Lipinski definition) is 0. The Balaban J connectivity index is 1.30. The molecule has 1 aliphatic heterocycles. The summed E-state index contributed by atoms with van der Waals surface area (Å²) in [7, 11) is 0. The molecule has 1 aromatic heterocycles. The molecular formula is C30H35FN2O2S. The molecule has 6 heteroatoms. The zero-order valence-corrected chi connectivity index (χ0v) is 22.1. The van der Waals surface area contributed by atoms with Crippen molar-refractivity contribution in [3.05, 3.63) is 69.3 Å². The van der Waals surface area contributed by atoms with E-state index in [1.165, 1.54) is 44.2 Å². The molecule has 2 fully saturated rings. The van der Waals surface area contributed by atoms with Crippen LogP contribution in [0.15, 0.2) is 41.8 Å². The van der Waals surface area contributed by atoms with Crippen molar-refractivity contribution in [3.63, 3.8) is 0 Å². The SMILES string of the molecule is Cc1cc(C(=O)N2CCCCC2)ccc1COc1ccc(F)cc1-c1csc([C@H]2CC[C@@H](C)CC2)n1. The molecule has 0 bridgehead atoms. The highest BCUT2D eigenvalue weighted by Crippen LogP contribution is 2.39. The van der Waals surface area contributed by atoms with Crippen LogP contribution in [0.3, 0.4) is 0 Å². The van der Waals surface area contributed by atoms with Crippen molar-refractivity contribution in [1.29, 1.82) is 0 Å². The average Bonchev–Trinajstić information content (AvgIpc) is 3.39. The third-order valence-electron chi connectivity index (χ3n) is 7.72. The summed E-state index contributed by atoms with van der Waals surface area (Å²) in [4.78, 5) is 19.7. The van der Waals surface area contributed by atoms with Crippen LogP contribution in [0.4, 0.5) is 4.39 Å². The van der Waals surface area contributed by atoms with Gasteiger partial charge in [-0.15, -0.1) is 11.3 Å². The van der Waals surface area contributed by atoms with Crippen molar-refractivity contribution < 1.29 is 13.9 Å². The summed E-state index contributed by atoms with van der Waals surface area (Å²) < 4.78 is 20.4. The molecule has 5 rings (SSSR count). The van der Waals surface area contributed by atoms with E-state index in [2.05, 4.69) is 6.92 Å². The number of carbonyl (C=O) groups excluding carboxylic acids is 1. The maximum Gasteiger partial charge on any atom is 0.253 e. The number of rotatable bonds is 6. The fraction of sp³-hybridized carbons (Fsp3) is 0.467. The van der Waals surface area contributed by atoms with Crippen molar-refractivity contribution in [2.24, 2.45) is 5.92 Å². The molecule has 0 N–H and O–H groups in total. The van der Waals surface area contributed by atoms with Crippen LogP contribution in [0.1, 0.15) is 84.3 Å². The van der Waals surface area contributed by atoms with Crippen LogP contribution < -0.4 is 4.74 Å². The van der Waals surface area contributed by atoms with Crippen LogP contribution in [0.5, 0.6) is 5.75 Å². The quantitative estimate of drug-likeness (QED) is 0.343. The van der Waals surface area contributed by atoms with Gasteiger partial charge < -0.3 is 9.64 Å². The summed E-state index contributed by atoms with van der Waals surface area (Å²) in [6, 6.07) is 10.5. The van der Waals surface area contributed by atoms with Crippen LogP contribution in [-0.2, 0) is 6.61 Å². The van der Waals surface area contributed by atoms with Gasteiger partial charge in [0.2, 0.25) is 0 Å². The van der Waals surface area contributed by atoms with Gasteiger partial charge >= 0.3 is 0 Å². The fourth-order valence-corrected chi connectivity index (χ4v) is 6.35. The van der Waals surface area contributed by atoms with Gasteiger partial charge in [0.15, 0.2) is 0 Å². The van der Waals surface area contributed by atoms with E-state index in [-0.39, 0.29) is 11.7 Å². The first-order valence-corrected chi connectivity index (χ1v) is 14.1. The predicted molar refractivity (Wildman–Crippen MR) is 143 cm³/mol. The van der Waals surface area contributed by atoms with Gasteiger partial charge in [-0.25, -0.2) is 9.37 Å². The monoisotopic (exact) mass is 506 g/mol. The van der Waals surface area contributed by atoms with E-state index >= 15 is 0 Å². The van der Waals surface area contributed by atoms with Gasteiger partial charge in [0.25, 0.3) is 5.91 Å². The van der Waals surface area contributed by atoms with Crippen LogP contribution in [0.25, 0.3) is 11.3 Å². The Morgan fingerprint density at radius 1 is 1.08 bits per heavy atom. The smallest absolute Gasteiger partial charge is 0.253 e. The molecule has 2 aliphatic rings. The van der Waals surface area contributed by atoms with Crippen LogP contribution >= 0.6 is 11.3 Å². The Kier molecular flexibility index (Phi) is 7.70. The third kappa shape index (κ3) is 5.64. The first kappa shape index (κ1) is 24.9. The number of halogens is 1. The molecule has 0 spiro atoms. The first-order chi connectivity index (χ1) is 17.5. The van der Waals surface area contributed by atoms with Crippen molar-refractivity contribution in [2.75, 3.05) is 13.1 Å². The standard InChI is InChI=1S/C30H35FN2O2S/c1-20-6-8-22(9-7-20)29-32-27(19-36-29)26-17-25(31)12-13-28(26)35-18-24-11-10-23(16-21(24)2)30(34)33-14-4-3-5-15-33/h10-13,16-17,19-20,22H,3-9,14-15,18H2,1-2H3/t20-,22+. The number of ether oxygens (including phenoxy) is 1. The summed E-state index contributed by atoms with van der Waals surface area (Å²) in [5.41, 5.74) is 4.23. The number of thiazole rings is 1. The van der Waals surface area contributed by atoms with Crippen LogP contribution in [0.2, 0.25) is 0 Å². The molecule has 2 heterocycles. The molecule has 3 aromatic rings. The van der Waals surface area contributed by atoms with E-state index in [4.69, 9.17) is 9.72 Å². The second-order valence-corrected chi connectivity index (χ2v) is 11.3. The number of benzene rings is 2. The van der Waals surface area contributed by atoms with Gasteiger partial charge in [-0.2, -0.15) is 0 Å². The predicted octanol–water partition coefficient (Wildman–Crippen LogP) is 7.76. The number of carbonyl (C=O) groups is 1. The van der Waals surface area contributed by atoms with Crippen molar-refractivity contribution in [1.82, 2.24) is 9.88 Å². The van der Waals surface area contributed by atoms with Gasteiger partial charge in [0.1, 0.15) is 18.2 Å². The molecule has 4 nitrogen and oxygen atoms in total. The number of amides is 1. The van der Waals surface area contributed by atoms with E-state index in [1.54, 1.807) is 17.4 Å². The Bertz CT molecular complexity index is 1210. The molecule has 190 valence electrons. The molecule has 0 unspecified atom stereocenters. The van der Waals surface area contributed by atoms with Crippen LogP contribution in [0, 0.1) is 18.7 Å². The molecule has 1 aliphatic carbocycles. The Morgan fingerprint density at radius 3 is 2.61 bits per heavy atom. The van der Waals surface area contributed by atoms with E-state index in [0.717, 1.165) is 59.2 Å². The summed E-state index contributed by atoms with van der Waals surface area (Å²) in [6.45, 7) is 6.36. The van der Waals surface area contributed by atoms with Crippen LogP contribution in [-0.4, -0.2) is 28.9 Å². The number of aromatic nitrogens is 1. The Labute approximate surface area is 217 Å². The number of nitrogens with zero attached hydrogens (tertiary/aromatic N) is 2. The molecule has 1 saturated heterocycles.